The van der Waals surface area contributed by atoms with Gasteiger partial charge in [0.15, 0.2) is 0 Å². The fourth-order valence-corrected chi connectivity index (χ4v) is 1.91. The van der Waals surface area contributed by atoms with Crippen molar-refractivity contribution in [3.8, 4) is 0 Å². The van der Waals surface area contributed by atoms with Crippen LogP contribution in [0.15, 0.2) is 42.5 Å². The molecule has 0 saturated heterocycles. The number of anilines is 1. The quantitative estimate of drug-likeness (QED) is 0.671. The number of nitrogens with zero attached hydrogens (tertiary/aromatic N) is 1. The van der Waals surface area contributed by atoms with E-state index in [0.717, 1.165) is 23.3 Å². The minimum atomic E-state index is -0.541. The molecular weight excluding hydrogens is 259 g/mol. The van der Waals surface area contributed by atoms with E-state index in [-0.39, 0.29) is 17.4 Å². The van der Waals surface area contributed by atoms with Gasteiger partial charge < -0.3 is 5.32 Å². The molecule has 0 amide bonds. The molecule has 0 aliphatic carbocycles. The molecule has 0 aliphatic rings. The van der Waals surface area contributed by atoms with Crippen LogP contribution in [0, 0.1) is 22.9 Å². The molecule has 0 saturated carbocycles. The summed E-state index contributed by atoms with van der Waals surface area (Å²) in [5.41, 5.74) is 2.13. The molecule has 4 nitrogen and oxygen atoms in total. The van der Waals surface area contributed by atoms with Crippen molar-refractivity contribution in [3.63, 3.8) is 0 Å². The molecule has 1 atom stereocenters. The van der Waals surface area contributed by atoms with E-state index >= 15 is 0 Å². The third kappa shape index (κ3) is 3.12. The van der Waals surface area contributed by atoms with Gasteiger partial charge in [-0.3, -0.25) is 10.1 Å². The second-order valence-electron chi connectivity index (χ2n) is 4.70. The van der Waals surface area contributed by atoms with E-state index in [9.17, 15) is 14.5 Å². The summed E-state index contributed by atoms with van der Waals surface area (Å²) in [4.78, 5) is 10.2. The SMILES string of the molecule is Cc1ccc(C(C)Nc2cc([N+](=O)[O-])ccc2F)cc1. The summed E-state index contributed by atoms with van der Waals surface area (Å²) in [5.74, 6) is -0.505. The number of hydrogen-bond donors (Lipinski definition) is 1. The first-order valence-electron chi connectivity index (χ1n) is 6.24. The lowest BCUT2D eigenvalue weighted by Crippen LogP contribution is -2.08. The summed E-state index contributed by atoms with van der Waals surface area (Å²) in [7, 11) is 0. The molecular formula is C15H15FN2O2. The van der Waals surface area contributed by atoms with E-state index in [2.05, 4.69) is 5.32 Å². The fraction of sp³-hybridized carbons (Fsp3) is 0.200. The second-order valence-corrected chi connectivity index (χ2v) is 4.70. The summed E-state index contributed by atoms with van der Waals surface area (Å²) < 4.78 is 13.7. The highest BCUT2D eigenvalue weighted by Gasteiger charge is 2.13. The molecule has 0 heterocycles. The average Bonchev–Trinajstić information content (AvgIpc) is 2.41. The number of benzene rings is 2. The van der Waals surface area contributed by atoms with Crippen LogP contribution in [-0.4, -0.2) is 4.92 Å². The van der Waals surface area contributed by atoms with Gasteiger partial charge in [-0.25, -0.2) is 4.39 Å². The Hall–Kier alpha value is -2.43. The maximum absolute atomic E-state index is 13.7. The Morgan fingerprint density at radius 3 is 2.45 bits per heavy atom. The number of rotatable bonds is 4. The fourth-order valence-electron chi connectivity index (χ4n) is 1.91. The largest absolute Gasteiger partial charge is 0.376 e. The van der Waals surface area contributed by atoms with Gasteiger partial charge in [0.2, 0.25) is 0 Å². The number of halogens is 1. The molecule has 0 radical (unpaired) electrons. The zero-order chi connectivity index (χ0) is 14.7. The smallest absolute Gasteiger partial charge is 0.271 e. The van der Waals surface area contributed by atoms with E-state index in [1.807, 2.05) is 38.1 Å². The first-order chi connectivity index (χ1) is 9.47. The van der Waals surface area contributed by atoms with E-state index in [1.54, 1.807) is 0 Å². The highest BCUT2D eigenvalue weighted by molar-refractivity contribution is 5.53. The zero-order valence-electron chi connectivity index (χ0n) is 11.3. The van der Waals surface area contributed by atoms with Gasteiger partial charge in [0.25, 0.3) is 5.69 Å². The zero-order valence-corrected chi connectivity index (χ0v) is 11.3. The molecule has 20 heavy (non-hydrogen) atoms. The van der Waals surface area contributed by atoms with Crippen LogP contribution in [0.1, 0.15) is 24.1 Å². The third-order valence-corrected chi connectivity index (χ3v) is 3.11. The lowest BCUT2D eigenvalue weighted by molar-refractivity contribution is -0.384. The molecule has 1 unspecified atom stereocenters. The van der Waals surface area contributed by atoms with Gasteiger partial charge in [-0.2, -0.15) is 0 Å². The second kappa shape index (κ2) is 5.69. The first kappa shape index (κ1) is 14.0. The maximum atomic E-state index is 13.7. The predicted molar refractivity (Wildman–Crippen MR) is 76.3 cm³/mol. The molecule has 0 fully saturated rings. The predicted octanol–water partition coefficient (Wildman–Crippen LogP) is 4.22. The van der Waals surface area contributed by atoms with Crippen LogP contribution in [0.3, 0.4) is 0 Å². The molecule has 1 N–H and O–H groups in total. The van der Waals surface area contributed by atoms with Gasteiger partial charge in [0.05, 0.1) is 10.6 Å². The highest BCUT2D eigenvalue weighted by Crippen LogP contribution is 2.25. The summed E-state index contributed by atoms with van der Waals surface area (Å²) in [5, 5.41) is 13.7. The van der Waals surface area contributed by atoms with Crippen LogP contribution in [0.25, 0.3) is 0 Å². The van der Waals surface area contributed by atoms with Crippen molar-refractivity contribution < 1.29 is 9.31 Å². The van der Waals surface area contributed by atoms with Crippen molar-refractivity contribution >= 4 is 11.4 Å². The lowest BCUT2D eigenvalue weighted by Gasteiger charge is -2.16. The highest BCUT2D eigenvalue weighted by atomic mass is 19.1. The topological polar surface area (TPSA) is 55.2 Å². The van der Waals surface area contributed by atoms with Gasteiger partial charge in [0, 0.05) is 18.2 Å². The molecule has 2 aromatic rings. The molecule has 2 rings (SSSR count). The Morgan fingerprint density at radius 2 is 1.85 bits per heavy atom. The van der Waals surface area contributed by atoms with E-state index in [1.165, 1.54) is 6.07 Å². The van der Waals surface area contributed by atoms with Crippen molar-refractivity contribution in [1.29, 1.82) is 0 Å². The Bertz CT molecular complexity index is 626. The van der Waals surface area contributed by atoms with Crippen molar-refractivity contribution in [3.05, 3.63) is 69.5 Å². The van der Waals surface area contributed by atoms with Gasteiger partial charge in [-0.1, -0.05) is 29.8 Å². The van der Waals surface area contributed by atoms with E-state index < -0.39 is 10.7 Å². The van der Waals surface area contributed by atoms with Crippen molar-refractivity contribution in [2.45, 2.75) is 19.9 Å². The Labute approximate surface area is 116 Å². The number of non-ortho nitro benzene ring substituents is 1. The van der Waals surface area contributed by atoms with Gasteiger partial charge in [-0.05, 0) is 25.5 Å². The van der Waals surface area contributed by atoms with Gasteiger partial charge in [0.1, 0.15) is 5.82 Å². The minimum absolute atomic E-state index is 0.132. The number of nitrogens with one attached hydrogen (secondary N) is 1. The van der Waals surface area contributed by atoms with Crippen LogP contribution in [0.5, 0.6) is 0 Å². The summed E-state index contributed by atoms with van der Waals surface area (Å²) in [6, 6.07) is 11.1. The van der Waals surface area contributed by atoms with Crippen molar-refractivity contribution in [1.82, 2.24) is 0 Å². The summed E-state index contributed by atoms with van der Waals surface area (Å²) in [6.45, 7) is 3.87. The molecule has 2 aromatic carbocycles. The standard InChI is InChI=1S/C15H15FN2O2/c1-10-3-5-12(6-4-10)11(2)17-15-9-13(18(19)20)7-8-14(15)16/h3-9,11,17H,1-2H3. The van der Waals surface area contributed by atoms with Gasteiger partial charge >= 0.3 is 0 Å². The Balaban J connectivity index is 2.22. The summed E-state index contributed by atoms with van der Waals surface area (Å²) in [6.07, 6.45) is 0. The minimum Gasteiger partial charge on any atom is -0.376 e. The number of hydrogen-bond acceptors (Lipinski definition) is 3. The molecule has 0 aromatic heterocycles. The van der Waals surface area contributed by atoms with E-state index in [0.29, 0.717) is 0 Å². The van der Waals surface area contributed by atoms with Crippen LogP contribution < -0.4 is 5.32 Å². The maximum Gasteiger partial charge on any atom is 0.271 e. The molecule has 0 aliphatic heterocycles. The molecule has 104 valence electrons. The molecule has 0 bridgehead atoms. The van der Waals surface area contributed by atoms with Crippen molar-refractivity contribution in [2.24, 2.45) is 0 Å². The number of nitro groups is 1. The first-order valence-corrected chi connectivity index (χ1v) is 6.24. The average molecular weight is 274 g/mol. The van der Waals surface area contributed by atoms with Crippen LogP contribution in [-0.2, 0) is 0 Å². The van der Waals surface area contributed by atoms with Gasteiger partial charge in [-0.15, -0.1) is 0 Å². The number of nitro benzene ring substituents is 1. The Morgan fingerprint density at radius 1 is 1.20 bits per heavy atom. The summed E-state index contributed by atoms with van der Waals surface area (Å²) >= 11 is 0. The van der Waals surface area contributed by atoms with E-state index in [4.69, 9.17) is 0 Å². The van der Waals surface area contributed by atoms with Crippen molar-refractivity contribution in [2.75, 3.05) is 5.32 Å². The Kier molecular flexibility index (Phi) is 3.98. The normalized spacial score (nSPS) is 11.9. The third-order valence-electron chi connectivity index (χ3n) is 3.11. The molecule has 0 spiro atoms. The molecule has 5 heteroatoms. The van der Waals surface area contributed by atoms with Crippen LogP contribution in [0.2, 0.25) is 0 Å². The van der Waals surface area contributed by atoms with Crippen LogP contribution in [0.4, 0.5) is 15.8 Å². The monoisotopic (exact) mass is 274 g/mol. The lowest BCUT2D eigenvalue weighted by atomic mass is 10.1. The number of aryl methyl sites for hydroxylation is 1. The van der Waals surface area contributed by atoms with Crippen LogP contribution >= 0.6 is 0 Å².